The van der Waals surface area contributed by atoms with Crippen molar-refractivity contribution < 1.29 is 9.53 Å². The van der Waals surface area contributed by atoms with Gasteiger partial charge in [-0.1, -0.05) is 35.5 Å². The summed E-state index contributed by atoms with van der Waals surface area (Å²) >= 11 is 0. The third kappa shape index (κ3) is 4.06. The quantitative estimate of drug-likeness (QED) is 0.604. The Bertz CT molecular complexity index is 561. The molecule has 0 aliphatic rings. The third-order valence-corrected chi connectivity index (χ3v) is 2.62. The van der Waals surface area contributed by atoms with Gasteiger partial charge in [-0.05, 0) is 18.1 Å². The number of carbonyl (C=O) groups excluding carboxylic acids is 1. The molecule has 0 saturated carbocycles. The van der Waals surface area contributed by atoms with E-state index < -0.39 is 5.97 Å². The van der Waals surface area contributed by atoms with E-state index in [1.165, 1.54) is 18.7 Å². The number of carbonyl (C=O) groups is 1. The summed E-state index contributed by atoms with van der Waals surface area (Å²) in [5, 5.41) is 7.95. The van der Waals surface area contributed by atoms with E-state index >= 15 is 0 Å². The molecule has 2 rings (SSSR count). The van der Waals surface area contributed by atoms with Crippen molar-refractivity contribution in [2.75, 3.05) is 7.11 Å². The zero-order valence-electron chi connectivity index (χ0n) is 10.7. The molecule has 0 aliphatic heterocycles. The van der Waals surface area contributed by atoms with Crippen LogP contribution in [0.15, 0.2) is 42.6 Å². The zero-order valence-corrected chi connectivity index (χ0v) is 10.7. The summed E-state index contributed by atoms with van der Waals surface area (Å²) in [5.41, 5.74) is 1.89. The highest BCUT2D eigenvalue weighted by Crippen LogP contribution is 2.02. The van der Waals surface area contributed by atoms with E-state index in [9.17, 15) is 4.79 Å². The summed E-state index contributed by atoms with van der Waals surface area (Å²) in [6.07, 6.45) is 5.59. The second-order valence-electron chi connectivity index (χ2n) is 4.00. The predicted molar refractivity (Wildman–Crippen MR) is 71.2 cm³/mol. The second-order valence-corrected chi connectivity index (χ2v) is 4.00. The summed E-state index contributed by atoms with van der Waals surface area (Å²) in [6, 6.07) is 10.2. The lowest BCUT2D eigenvalue weighted by molar-refractivity contribution is -0.134. The van der Waals surface area contributed by atoms with Gasteiger partial charge in [0.25, 0.3) is 0 Å². The van der Waals surface area contributed by atoms with Crippen LogP contribution in [0.5, 0.6) is 0 Å². The fourth-order valence-corrected chi connectivity index (χ4v) is 1.61. The van der Waals surface area contributed by atoms with E-state index in [0.717, 1.165) is 13.0 Å². The molecule has 0 aliphatic carbocycles. The molecule has 0 atom stereocenters. The smallest absolute Gasteiger partial charge is 0.330 e. The number of aryl methyl sites for hydroxylation is 2. The topological polar surface area (TPSA) is 57.0 Å². The lowest BCUT2D eigenvalue weighted by Crippen LogP contribution is -2.01. The van der Waals surface area contributed by atoms with E-state index in [0.29, 0.717) is 5.69 Å². The molecular weight excluding hydrogens is 242 g/mol. The van der Waals surface area contributed by atoms with Crippen molar-refractivity contribution in [2.45, 2.75) is 13.0 Å². The highest BCUT2D eigenvalue weighted by atomic mass is 16.5. The average molecular weight is 257 g/mol. The fourth-order valence-electron chi connectivity index (χ4n) is 1.61. The second kappa shape index (κ2) is 6.49. The summed E-state index contributed by atoms with van der Waals surface area (Å²) < 4.78 is 6.26. The molecule has 98 valence electrons. The van der Waals surface area contributed by atoms with E-state index in [1.807, 2.05) is 18.2 Å². The summed E-state index contributed by atoms with van der Waals surface area (Å²) in [6.45, 7) is 0.753. The third-order valence-electron chi connectivity index (χ3n) is 2.62. The van der Waals surface area contributed by atoms with Crippen LogP contribution in [0.1, 0.15) is 11.3 Å². The van der Waals surface area contributed by atoms with Crippen LogP contribution in [-0.2, 0) is 22.5 Å². The van der Waals surface area contributed by atoms with Gasteiger partial charge in [0.05, 0.1) is 13.3 Å². The minimum Gasteiger partial charge on any atom is -0.466 e. The molecule has 1 heterocycles. The van der Waals surface area contributed by atoms with Crippen LogP contribution in [0.3, 0.4) is 0 Å². The van der Waals surface area contributed by atoms with Crippen molar-refractivity contribution in [3.8, 4) is 0 Å². The number of esters is 1. The van der Waals surface area contributed by atoms with Gasteiger partial charge in [-0.15, -0.1) is 5.10 Å². The largest absolute Gasteiger partial charge is 0.466 e. The summed E-state index contributed by atoms with van der Waals surface area (Å²) in [5.74, 6) is -0.404. The van der Waals surface area contributed by atoms with Crippen molar-refractivity contribution >= 4 is 12.0 Å². The summed E-state index contributed by atoms with van der Waals surface area (Å²) in [4.78, 5) is 10.9. The maximum absolute atomic E-state index is 10.9. The Morgan fingerprint density at radius 2 is 2.16 bits per heavy atom. The Kier molecular flexibility index (Phi) is 4.44. The van der Waals surface area contributed by atoms with Crippen molar-refractivity contribution in [1.82, 2.24) is 15.0 Å². The Morgan fingerprint density at radius 1 is 1.37 bits per heavy atom. The van der Waals surface area contributed by atoms with Gasteiger partial charge in [0.2, 0.25) is 0 Å². The van der Waals surface area contributed by atoms with Gasteiger partial charge in [0.15, 0.2) is 0 Å². The first-order chi connectivity index (χ1) is 9.28. The lowest BCUT2D eigenvalue weighted by atomic mass is 10.1. The average Bonchev–Trinajstić information content (AvgIpc) is 2.91. The lowest BCUT2D eigenvalue weighted by Gasteiger charge is -2.00. The van der Waals surface area contributed by atoms with E-state index in [-0.39, 0.29) is 0 Å². The number of ether oxygens (including phenoxy) is 1. The predicted octanol–water partition coefficient (Wildman–Crippen LogP) is 1.71. The van der Waals surface area contributed by atoms with E-state index in [4.69, 9.17) is 0 Å². The number of rotatable bonds is 5. The molecule has 19 heavy (non-hydrogen) atoms. The van der Waals surface area contributed by atoms with Crippen LogP contribution in [-0.4, -0.2) is 28.1 Å². The molecule has 0 N–H and O–H groups in total. The maximum atomic E-state index is 10.9. The van der Waals surface area contributed by atoms with Crippen molar-refractivity contribution in [3.05, 3.63) is 53.9 Å². The molecule has 1 aromatic heterocycles. The molecule has 0 radical (unpaired) electrons. The minimum atomic E-state index is -0.404. The molecule has 0 spiro atoms. The molecule has 1 aromatic carbocycles. The van der Waals surface area contributed by atoms with Crippen molar-refractivity contribution in [2.24, 2.45) is 0 Å². The van der Waals surface area contributed by atoms with Gasteiger partial charge in [-0.2, -0.15) is 0 Å². The van der Waals surface area contributed by atoms with Gasteiger partial charge in [0, 0.05) is 12.6 Å². The van der Waals surface area contributed by atoms with Gasteiger partial charge < -0.3 is 4.74 Å². The van der Waals surface area contributed by atoms with Crippen LogP contribution in [0.2, 0.25) is 0 Å². The highest BCUT2D eigenvalue weighted by molar-refractivity contribution is 5.86. The van der Waals surface area contributed by atoms with Crippen LogP contribution in [0.4, 0.5) is 0 Å². The molecular formula is C14H15N3O2. The Labute approximate surface area is 111 Å². The number of nitrogens with zero attached hydrogens (tertiary/aromatic N) is 3. The normalized spacial score (nSPS) is 10.8. The summed E-state index contributed by atoms with van der Waals surface area (Å²) in [7, 11) is 1.34. The van der Waals surface area contributed by atoms with E-state index in [2.05, 4.69) is 27.2 Å². The van der Waals surface area contributed by atoms with Crippen LogP contribution in [0.25, 0.3) is 6.08 Å². The molecule has 0 fully saturated rings. The molecule has 0 unspecified atom stereocenters. The minimum absolute atomic E-state index is 0.404. The van der Waals surface area contributed by atoms with Crippen molar-refractivity contribution in [1.29, 1.82) is 0 Å². The highest BCUT2D eigenvalue weighted by Gasteiger charge is 1.99. The number of aromatic nitrogens is 3. The first-order valence-electron chi connectivity index (χ1n) is 5.98. The number of hydrogen-bond donors (Lipinski definition) is 0. The number of hydrogen-bond acceptors (Lipinski definition) is 4. The van der Waals surface area contributed by atoms with E-state index in [1.54, 1.807) is 17.0 Å². The molecule has 0 amide bonds. The Balaban J connectivity index is 1.91. The van der Waals surface area contributed by atoms with Gasteiger partial charge in [-0.3, -0.25) is 4.68 Å². The number of methoxy groups -OCH3 is 1. The SMILES string of the molecule is COC(=O)/C=C\c1cn(CCc2ccccc2)nn1. The van der Waals surface area contributed by atoms with Gasteiger partial charge in [0.1, 0.15) is 5.69 Å². The number of benzene rings is 1. The molecule has 5 heteroatoms. The van der Waals surface area contributed by atoms with Crippen LogP contribution in [0, 0.1) is 0 Å². The zero-order chi connectivity index (χ0) is 13.5. The maximum Gasteiger partial charge on any atom is 0.330 e. The fraction of sp³-hybridized carbons (Fsp3) is 0.214. The standard InChI is InChI=1S/C14H15N3O2/c1-19-14(18)8-7-13-11-17(16-15-13)10-9-12-5-3-2-4-6-12/h2-8,11H,9-10H2,1H3/b8-7-. The Hall–Kier alpha value is -2.43. The molecule has 0 bridgehead atoms. The monoisotopic (exact) mass is 257 g/mol. The van der Waals surface area contributed by atoms with Crippen LogP contribution < -0.4 is 0 Å². The van der Waals surface area contributed by atoms with Crippen LogP contribution >= 0.6 is 0 Å². The molecule has 0 saturated heterocycles. The van der Waals surface area contributed by atoms with Crippen molar-refractivity contribution in [3.63, 3.8) is 0 Å². The molecule has 2 aromatic rings. The first-order valence-corrected chi connectivity index (χ1v) is 5.98. The van der Waals surface area contributed by atoms with Gasteiger partial charge in [-0.25, -0.2) is 4.79 Å². The Morgan fingerprint density at radius 3 is 2.89 bits per heavy atom. The first kappa shape index (κ1) is 13.0. The van der Waals surface area contributed by atoms with Gasteiger partial charge >= 0.3 is 5.97 Å². The molecule has 5 nitrogen and oxygen atoms in total.